The fourth-order valence-corrected chi connectivity index (χ4v) is 3.53. The van der Waals surface area contributed by atoms with Crippen LogP contribution in [0.1, 0.15) is 29.5 Å². The van der Waals surface area contributed by atoms with Crippen LogP contribution in [0.4, 0.5) is 13.2 Å². The molecular formula is C20H20ClF3N2. The molecule has 0 atom stereocenters. The van der Waals surface area contributed by atoms with E-state index in [9.17, 15) is 13.2 Å². The first kappa shape index (κ1) is 18.8. The topological polar surface area (TPSA) is 41.8 Å². The molecule has 0 saturated heterocycles. The van der Waals surface area contributed by atoms with Crippen LogP contribution in [-0.2, 0) is 12.6 Å². The van der Waals surface area contributed by atoms with Crippen LogP contribution in [0.2, 0.25) is 5.02 Å². The van der Waals surface area contributed by atoms with Crippen molar-refractivity contribution in [3.05, 3.63) is 58.1 Å². The van der Waals surface area contributed by atoms with Crippen LogP contribution >= 0.6 is 11.6 Å². The number of unbranched alkanes of at least 4 members (excludes halogenated alkanes) is 1. The first-order valence-corrected chi connectivity index (χ1v) is 8.88. The number of hydrogen-bond donors (Lipinski definition) is 2. The third-order valence-corrected chi connectivity index (χ3v) is 4.89. The molecular weight excluding hydrogens is 361 g/mol. The number of benzene rings is 2. The van der Waals surface area contributed by atoms with Gasteiger partial charge < -0.3 is 10.7 Å². The first-order chi connectivity index (χ1) is 12.3. The summed E-state index contributed by atoms with van der Waals surface area (Å²) < 4.78 is 39.4. The Kier molecular flexibility index (Phi) is 5.30. The Morgan fingerprint density at radius 2 is 1.88 bits per heavy atom. The van der Waals surface area contributed by atoms with Gasteiger partial charge in [-0.2, -0.15) is 13.2 Å². The normalized spacial score (nSPS) is 12.1. The van der Waals surface area contributed by atoms with Gasteiger partial charge in [0.15, 0.2) is 0 Å². The van der Waals surface area contributed by atoms with Gasteiger partial charge in [-0.1, -0.05) is 29.8 Å². The van der Waals surface area contributed by atoms with E-state index in [2.05, 4.69) is 4.98 Å². The summed E-state index contributed by atoms with van der Waals surface area (Å²) in [6, 6.07) is 9.12. The van der Waals surface area contributed by atoms with Gasteiger partial charge in [-0.25, -0.2) is 0 Å². The van der Waals surface area contributed by atoms with Gasteiger partial charge in [0.2, 0.25) is 0 Å². The molecule has 0 aliphatic heterocycles. The zero-order valence-electron chi connectivity index (χ0n) is 14.4. The highest BCUT2D eigenvalue weighted by molar-refractivity contribution is 6.36. The number of H-pyrrole nitrogens is 1. The molecule has 2 aromatic carbocycles. The molecule has 138 valence electrons. The van der Waals surface area contributed by atoms with Crippen molar-refractivity contribution in [3.63, 3.8) is 0 Å². The smallest absolute Gasteiger partial charge is 0.354 e. The molecule has 3 N–H and O–H groups in total. The van der Waals surface area contributed by atoms with Gasteiger partial charge in [0, 0.05) is 11.1 Å². The average Bonchev–Trinajstić information content (AvgIpc) is 2.99. The van der Waals surface area contributed by atoms with Crippen molar-refractivity contribution in [2.75, 3.05) is 6.54 Å². The highest BCUT2D eigenvalue weighted by Crippen LogP contribution is 2.39. The molecule has 0 aliphatic carbocycles. The van der Waals surface area contributed by atoms with E-state index >= 15 is 0 Å². The van der Waals surface area contributed by atoms with E-state index in [1.165, 1.54) is 12.1 Å². The summed E-state index contributed by atoms with van der Waals surface area (Å²) in [4.78, 5) is 3.31. The summed E-state index contributed by atoms with van der Waals surface area (Å²) in [5.74, 6) is 0. The van der Waals surface area contributed by atoms with E-state index in [0.717, 1.165) is 40.9 Å². The fourth-order valence-electron chi connectivity index (χ4n) is 3.26. The standard InChI is InChI=1S/C20H20ClF3N2/c1-12-8-9-16(21)17-15(7-2-3-10-25)19(26-18(12)17)13-5-4-6-14(11-13)20(22,23)24/h4-6,8-9,11,26H,2-3,7,10,25H2,1H3. The van der Waals surface area contributed by atoms with Gasteiger partial charge in [0.25, 0.3) is 0 Å². The Morgan fingerprint density at radius 3 is 2.58 bits per heavy atom. The van der Waals surface area contributed by atoms with Gasteiger partial charge in [0.1, 0.15) is 0 Å². The van der Waals surface area contributed by atoms with Crippen molar-refractivity contribution in [1.82, 2.24) is 4.98 Å². The highest BCUT2D eigenvalue weighted by Gasteiger charge is 2.31. The van der Waals surface area contributed by atoms with Crippen molar-refractivity contribution in [2.45, 2.75) is 32.4 Å². The van der Waals surface area contributed by atoms with Gasteiger partial charge >= 0.3 is 6.18 Å². The molecule has 1 aromatic heterocycles. The predicted molar refractivity (Wildman–Crippen MR) is 100 cm³/mol. The molecule has 26 heavy (non-hydrogen) atoms. The number of hydrogen-bond acceptors (Lipinski definition) is 1. The minimum atomic E-state index is -4.38. The third-order valence-electron chi connectivity index (χ3n) is 4.58. The second kappa shape index (κ2) is 7.33. The lowest BCUT2D eigenvalue weighted by atomic mass is 9.98. The minimum absolute atomic E-state index is 0.509. The number of aromatic amines is 1. The molecule has 0 unspecified atom stereocenters. The second-order valence-corrected chi connectivity index (χ2v) is 6.82. The predicted octanol–water partition coefficient (Wildman–Crippen LogP) is 6.10. The molecule has 0 amide bonds. The molecule has 6 heteroatoms. The Morgan fingerprint density at radius 1 is 1.12 bits per heavy atom. The molecule has 3 aromatic rings. The maximum Gasteiger partial charge on any atom is 0.416 e. The lowest BCUT2D eigenvalue weighted by Crippen LogP contribution is -2.04. The van der Waals surface area contributed by atoms with Gasteiger partial charge in [-0.15, -0.1) is 0 Å². The molecule has 0 fully saturated rings. The monoisotopic (exact) mass is 380 g/mol. The fraction of sp³-hybridized carbons (Fsp3) is 0.300. The van der Waals surface area contributed by atoms with Crippen molar-refractivity contribution in [3.8, 4) is 11.3 Å². The molecule has 3 rings (SSSR count). The molecule has 0 aliphatic rings. The Bertz CT molecular complexity index is 929. The second-order valence-electron chi connectivity index (χ2n) is 6.42. The number of nitrogens with one attached hydrogen (secondary N) is 1. The van der Waals surface area contributed by atoms with E-state index in [-0.39, 0.29) is 0 Å². The minimum Gasteiger partial charge on any atom is -0.354 e. The average molecular weight is 381 g/mol. The summed E-state index contributed by atoms with van der Waals surface area (Å²) in [6.45, 7) is 2.53. The van der Waals surface area contributed by atoms with Crippen LogP contribution in [0.15, 0.2) is 36.4 Å². The maximum atomic E-state index is 13.1. The van der Waals surface area contributed by atoms with E-state index in [1.54, 1.807) is 6.07 Å². The van der Waals surface area contributed by atoms with Gasteiger partial charge in [0.05, 0.1) is 16.1 Å². The molecule has 2 nitrogen and oxygen atoms in total. The maximum absolute atomic E-state index is 13.1. The first-order valence-electron chi connectivity index (χ1n) is 8.50. The van der Waals surface area contributed by atoms with Crippen molar-refractivity contribution >= 4 is 22.5 Å². The number of aryl methyl sites for hydroxylation is 2. The van der Waals surface area contributed by atoms with E-state index in [1.807, 2.05) is 19.1 Å². The SMILES string of the molecule is Cc1ccc(Cl)c2c(CCCCN)c(-c3cccc(C(F)(F)F)c3)[nH]c12. The zero-order chi connectivity index (χ0) is 18.9. The van der Waals surface area contributed by atoms with E-state index in [0.29, 0.717) is 29.2 Å². The zero-order valence-corrected chi connectivity index (χ0v) is 15.1. The van der Waals surface area contributed by atoms with Crippen molar-refractivity contribution in [2.24, 2.45) is 5.73 Å². The summed E-state index contributed by atoms with van der Waals surface area (Å²) >= 11 is 6.43. The van der Waals surface area contributed by atoms with Crippen LogP contribution < -0.4 is 5.73 Å². The summed E-state index contributed by atoms with van der Waals surface area (Å²) in [5.41, 5.74) is 8.95. The number of nitrogens with two attached hydrogens (primary N) is 1. The lowest BCUT2D eigenvalue weighted by Gasteiger charge is -2.10. The van der Waals surface area contributed by atoms with Crippen LogP contribution in [0.3, 0.4) is 0 Å². The van der Waals surface area contributed by atoms with Crippen LogP contribution in [0.25, 0.3) is 22.2 Å². The number of rotatable bonds is 5. The quantitative estimate of drug-likeness (QED) is 0.516. The molecule has 0 spiro atoms. The Balaban J connectivity index is 2.20. The van der Waals surface area contributed by atoms with Gasteiger partial charge in [-0.05, 0) is 67.6 Å². The summed E-state index contributed by atoms with van der Waals surface area (Å²) in [6.07, 6.45) is -1.99. The molecule has 0 bridgehead atoms. The third kappa shape index (κ3) is 3.60. The lowest BCUT2D eigenvalue weighted by molar-refractivity contribution is -0.137. The van der Waals surface area contributed by atoms with Gasteiger partial charge in [-0.3, -0.25) is 0 Å². The number of alkyl halides is 3. The van der Waals surface area contributed by atoms with Crippen molar-refractivity contribution < 1.29 is 13.2 Å². The van der Waals surface area contributed by atoms with Crippen LogP contribution in [0, 0.1) is 6.92 Å². The largest absolute Gasteiger partial charge is 0.416 e. The Hall–Kier alpha value is -1.98. The van der Waals surface area contributed by atoms with Crippen molar-refractivity contribution in [1.29, 1.82) is 0 Å². The van der Waals surface area contributed by atoms with Crippen LogP contribution in [-0.4, -0.2) is 11.5 Å². The Labute approximate surface area is 155 Å². The highest BCUT2D eigenvalue weighted by atomic mass is 35.5. The summed E-state index contributed by atoms with van der Waals surface area (Å²) in [5, 5.41) is 1.49. The van der Waals surface area contributed by atoms with E-state index in [4.69, 9.17) is 17.3 Å². The van der Waals surface area contributed by atoms with E-state index < -0.39 is 11.7 Å². The number of fused-ring (bicyclic) bond motifs is 1. The number of halogens is 4. The molecule has 1 heterocycles. The van der Waals surface area contributed by atoms with Crippen LogP contribution in [0.5, 0.6) is 0 Å². The summed E-state index contributed by atoms with van der Waals surface area (Å²) in [7, 11) is 0. The molecule has 0 radical (unpaired) electrons. The molecule has 0 saturated carbocycles. The number of aromatic nitrogens is 1.